The van der Waals surface area contributed by atoms with Crippen LogP contribution in [0.25, 0.3) is 0 Å². The highest BCUT2D eigenvalue weighted by atomic mass is 32.2. The fourth-order valence-electron chi connectivity index (χ4n) is 3.29. The van der Waals surface area contributed by atoms with Crippen LogP contribution in [0.15, 0.2) is 4.99 Å². The van der Waals surface area contributed by atoms with E-state index < -0.39 is 0 Å². The highest BCUT2D eigenvalue weighted by Crippen LogP contribution is 2.38. The normalized spacial score (nSPS) is 29.4. The number of hydrogen-bond acceptors (Lipinski definition) is 2. The van der Waals surface area contributed by atoms with Gasteiger partial charge in [-0.05, 0) is 25.2 Å². The SMILES string of the molecule is CCCCCCC1CCCCC1C1=NCCS1. The Labute approximate surface area is 111 Å². The molecule has 2 rings (SSSR count). The van der Waals surface area contributed by atoms with Crippen LogP contribution in [-0.4, -0.2) is 17.3 Å². The molecule has 0 saturated heterocycles. The Morgan fingerprint density at radius 3 is 2.82 bits per heavy atom. The summed E-state index contributed by atoms with van der Waals surface area (Å²) in [6, 6.07) is 0. The minimum Gasteiger partial charge on any atom is -0.282 e. The molecule has 1 heterocycles. The average Bonchev–Trinajstić information content (AvgIpc) is 2.89. The minimum atomic E-state index is 0.845. The van der Waals surface area contributed by atoms with Gasteiger partial charge in [-0.25, -0.2) is 0 Å². The van der Waals surface area contributed by atoms with Crippen molar-refractivity contribution in [1.82, 2.24) is 0 Å². The second kappa shape index (κ2) is 7.45. The predicted molar refractivity (Wildman–Crippen MR) is 79.0 cm³/mol. The third-order valence-electron chi connectivity index (χ3n) is 4.26. The molecule has 1 nitrogen and oxygen atoms in total. The van der Waals surface area contributed by atoms with Crippen LogP contribution in [0, 0.1) is 11.8 Å². The third kappa shape index (κ3) is 4.01. The fraction of sp³-hybridized carbons (Fsp3) is 0.933. The van der Waals surface area contributed by atoms with Crippen LogP contribution in [0.5, 0.6) is 0 Å². The van der Waals surface area contributed by atoms with Gasteiger partial charge in [-0.15, -0.1) is 11.8 Å². The van der Waals surface area contributed by atoms with E-state index in [2.05, 4.69) is 6.92 Å². The maximum absolute atomic E-state index is 4.73. The first-order valence-electron chi connectivity index (χ1n) is 7.59. The molecule has 0 aromatic heterocycles. The molecule has 2 heteroatoms. The number of thioether (sulfide) groups is 1. The van der Waals surface area contributed by atoms with Gasteiger partial charge < -0.3 is 0 Å². The van der Waals surface area contributed by atoms with E-state index in [4.69, 9.17) is 4.99 Å². The van der Waals surface area contributed by atoms with Crippen molar-refractivity contribution in [3.05, 3.63) is 0 Å². The number of unbranched alkanes of at least 4 members (excludes halogenated alkanes) is 3. The van der Waals surface area contributed by atoms with Crippen molar-refractivity contribution < 1.29 is 0 Å². The molecule has 0 bridgehead atoms. The lowest BCUT2D eigenvalue weighted by Gasteiger charge is -2.31. The van der Waals surface area contributed by atoms with Crippen LogP contribution in [0.1, 0.15) is 64.7 Å². The Morgan fingerprint density at radius 1 is 1.18 bits per heavy atom. The molecule has 1 saturated carbocycles. The van der Waals surface area contributed by atoms with Crippen molar-refractivity contribution in [2.45, 2.75) is 64.7 Å². The van der Waals surface area contributed by atoms with Crippen molar-refractivity contribution >= 4 is 16.8 Å². The number of aliphatic imine (C=N–C) groups is 1. The number of hydrogen-bond donors (Lipinski definition) is 0. The summed E-state index contributed by atoms with van der Waals surface area (Å²) < 4.78 is 0. The second-order valence-corrected chi connectivity index (χ2v) is 6.68. The van der Waals surface area contributed by atoms with Crippen LogP contribution in [0.4, 0.5) is 0 Å². The number of nitrogens with zero attached hydrogens (tertiary/aromatic N) is 1. The van der Waals surface area contributed by atoms with E-state index in [0.717, 1.165) is 18.4 Å². The maximum Gasteiger partial charge on any atom is 0.0710 e. The molecule has 2 atom stereocenters. The van der Waals surface area contributed by atoms with E-state index in [1.807, 2.05) is 11.8 Å². The second-order valence-electron chi connectivity index (χ2n) is 5.57. The largest absolute Gasteiger partial charge is 0.282 e. The summed E-state index contributed by atoms with van der Waals surface area (Å²) in [6.45, 7) is 3.38. The van der Waals surface area contributed by atoms with Crippen molar-refractivity contribution in [3.63, 3.8) is 0 Å². The zero-order chi connectivity index (χ0) is 11.9. The zero-order valence-corrected chi connectivity index (χ0v) is 12.1. The summed E-state index contributed by atoms with van der Waals surface area (Å²) in [7, 11) is 0. The summed E-state index contributed by atoms with van der Waals surface area (Å²) in [4.78, 5) is 4.73. The highest BCUT2D eigenvalue weighted by molar-refractivity contribution is 8.14. The van der Waals surface area contributed by atoms with Crippen molar-refractivity contribution in [2.75, 3.05) is 12.3 Å². The van der Waals surface area contributed by atoms with Gasteiger partial charge in [0.05, 0.1) is 5.04 Å². The highest BCUT2D eigenvalue weighted by Gasteiger charge is 2.30. The smallest absolute Gasteiger partial charge is 0.0710 e. The molecule has 1 aliphatic heterocycles. The Hall–Kier alpha value is 0.0200. The Balaban J connectivity index is 1.79. The van der Waals surface area contributed by atoms with Gasteiger partial charge >= 0.3 is 0 Å². The molecule has 1 fully saturated rings. The first kappa shape index (κ1) is 13.5. The van der Waals surface area contributed by atoms with E-state index >= 15 is 0 Å². The molecular weight excluding hydrogens is 226 g/mol. The minimum absolute atomic E-state index is 0.845. The van der Waals surface area contributed by atoms with Gasteiger partial charge in [0.15, 0.2) is 0 Å². The summed E-state index contributed by atoms with van der Waals surface area (Å²) >= 11 is 2.05. The lowest BCUT2D eigenvalue weighted by Crippen LogP contribution is -2.25. The van der Waals surface area contributed by atoms with Gasteiger partial charge in [0.1, 0.15) is 0 Å². The fourth-order valence-corrected chi connectivity index (χ4v) is 4.39. The van der Waals surface area contributed by atoms with Gasteiger partial charge in [0.25, 0.3) is 0 Å². The van der Waals surface area contributed by atoms with E-state index in [-0.39, 0.29) is 0 Å². The van der Waals surface area contributed by atoms with Gasteiger partial charge in [-0.3, -0.25) is 4.99 Å². The quantitative estimate of drug-likeness (QED) is 0.613. The van der Waals surface area contributed by atoms with Gasteiger partial charge in [-0.1, -0.05) is 45.4 Å². The molecule has 1 aliphatic carbocycles. The molecule has 2 unspecified atom stereocenters. The maximum atomic E-state index is 4.73. The summed E-state index contributed by atoms with van der Waals surface area (Å²) in [5, 5.41) is 1.52. The molecule has 0 N–H and O–H groups in total. The Bertz CT molecular complexity index is 249. The topological polar surface area (TPSA) is 12.4 Å². The Morgan fingerprint density at radius 2 is 2.06 bits per heavy atom. The first-order chi connectivity index (χ1) is 8.42. The molecule has 0 aromatic rings. The van der Waals surface area contributed by atoms with Crippen LogP contribution < -0.4 is 0 Å². The molecule has 0 aromatic carbocycles. The molecule has 0 amide bonds. The summed E-state index contributed by atoms with van der Waals surface area (Å²) in [5.74, 6) is 3.05. The van der Waals surface area contributed by atoms with Crippen molar-refractivity contribution in [2.24, 2.45) is 16.8 Å². The van der Waals surface area contributed by atoms with E-state index in [1.165, 1.54) is 68.6 Å². The van der Waals surface area contributed by atoms with Crippen LogP contribution in [-0.2, 0) is 0 Å². The van der Waals surface area contributed by atoms with Crippen molar-refractivity contribution in [1.29, 1.82) is 0 Å². The molecule has 2 aliphatic rings. The molecular formula is C15H27NS. The van der Waals surface area contributed by atoms with E-state index in [9.17, 15) is 0 Å². The molecule has 0 radical (unpaired) electrons. The number of rotatable bonds is 6. The van der Waals surface area contributed by atoms with Crippen LogP contribution in [0.3, 0.4) is 0 Å². The van der Waals surface area contributed by atoms with Gasteiger partial charge in [0, 0.05) is 18.2 Å². The van der Waals surface area contributed by atoms with Gasteiger partial charge in [-0.2, -0.15) is 0 Å². The first-order valence-corrected chi connectivity index (χ1v) is 8.57. The lowest BCUT2D eigenvalue weighted by molar-refractivity contribution is 0.279. The van der Waals surface area contributed by atoms with E-state index in [0.29, 0.717) is 0 Å². The monoisotopic (exact) mass is 253 g/mol. The van der Waals surface area contributed by atoms with Crippen LogP contribution in [0.2, 0.25) is 0 Å². The molecule has 98 valence electrons. The summed E-state index contributed by atoms with van der Waals surface area (Å²) in [6.07, 6.45) is 12.9. The van der Waals surface area contributed by atoms with Crippen molar-refractivity contribution in [3.8, 4) is 0 Å². The van der Waals surface area contributed by atoms with Gasteiger partial charge in [0.2, 0.25) is 0 Å². The summed E-state index contributed by atoms with van der Waals surface area (Å²) in [5.41, 5.74) is 0. The lowest BCUT2D eigenvalue weighted by atomic mass is 9.77. The average molecular weight is 253 g/mol. The standard InChI is InChI=1S/C15H27NS/c1-2-3-4-5-8-13-9-6-7-10-14(13)15-16-11-12-17-15/h13-14H,2-12H2,1H3. The third-order valence-corrected chi connectivity index (χ3v) is 5.38. The molecule has 0 spiro atoms. The van der Waals surface area contributed by atoms with Crippen LogP contribution >= 0.6 is 11.8 Å². The Kier molecular flexibility index (Phi) is 5.90. The predicted octanol–water partition coefficient (Wildman–Crippen LogP) is 4.91. The molecule has 17 heavy (non-hydrogen) atoms. The zero-order valence-electron chi connectivity index (χ0n) is 11.3. The van der Waals surface area contributed by atoms with E-state index in [1.54, 1.807) is 0 Å².